The fourth-order valence-corrected chi connectivity index (χ4v) is 4.69. The van der Waals surface area contributed by atoms with Gasteiger partial charge in [0, 0.05) is 44.3 Å². The molecule has 0 radical (unpaired) electrons. The highest BCUT2D eigenvalue weighted by Gasteiger charge is 2.22. The second-order valence-corrected chi connectivity index (χ2v) is 8.87. The monoisotopic (exact) mass is 430 g/mol. The minimum atomic E-state index is 0.195. The molecule has 1 aliphatic rings. The number of anilines is 1. The van der Waals surface area contributed by atoms with Crippen LogP contribution in [0.5, 0.6) is 0 Å². The zero-order valence-electron chi connectivity index (χ0n) is 19.0. The Hall–Kier alpha value is -3.35. The summed E-state index contributed by atoms with van der Waals surface area (Å²) in [5.74, 6) is 0.195. The molecule has 0 spiro atoms. The molecule has 1 fully saturated rings. The molecule has 166 valence electrons. The molecular weight excluding hydrogens is 400 g/mol. The van der Waals surface area contributed by atoms with Gasteiger partial charge < -0.3 is 9.80 Å². The maximum absolute atomic E-state index is 12.9. The second kappa shape index (κ2) is 8.30. The zero-order valence-corrected chi connectivity index (χ0v) is 19.0. The van der Waals surface area contributed by atoms with Gasteiger partial charge in [0.1, 0.15) is 11.0 Å². The van der Waals surface area contributed by atoms with Crippen LogP contribution < -0.4 is 4.90 Å². The summed E-state index contributed by atoms with van der Waals surface area (Å²) in [4.78, 5) is 17.3. The van der Waals surface area contributed by atoms with E-state index in [1.807, 2.05) is 27.4 Å². The van der Waals surface area contributed by atoms with Crippen LogP contribution in [0.1, 0.15) is 32.0 Å². The van der Waals surface area contributed by atoms with Gasteiger partial charge in [-0.15, -0.1) is 0 Å². The predicted molar refractivity (Wildman–Crippen MR) is 128 cm³/mol. The number of aromatic nitrogens is 4. The first-order chi connectivity index (χ1) is 15.5. The van der Waals surface area contributed by atoms with Crippen molar-refractivity contribution in [3.05, 3.63) is 54.4 Å². The number of amides is 1. The van der Waals surface area contributed by atoms with Crippen molar-refractivity contribution in [2.24, 2.45) is 0 Å². The van der Waals surface area contributed by atoms with Crippen molar-refractivity contribution in [2.45, 2.75) is 39.8 Å². The maximum atomic E-state index is 12.9. The lowest BCUT2D eigenvalue weighted by Crippen LogP contribution is -2.49. The number of rotatable bonds is 5. The molecule has 32 heavy (non-hydrogen) atoms. The van der Waals surface area contributed by atoms with Gasteiger partial charge in [-0.2, -0.15) is 10.2 Å². The van der Waals surface area contributed by atoms with E-state index in [2.05, 4.69) is 71.4 Å². The molecule has 5 rings (SSSR count). The second-order valence-electron chi connectivity index (χ2n) is 8.87. The maximum Gasteiger partial charge on any atom is 0.224 e. The lowest BCUT2D eigenvalue weighted by atomic mass is 10.1. The van der Waals surface area contributed by atoms with Gasteiger partial charge in [-0.25, -0.2) is 0 Å². The molecule has 2 aromatic heterocycles. The van der Waals surface area contributed by atoms with Gasteiger partial charge in [-0.3, -0.25) is 14.2 Å². The Morgan fingerprint density at radius 1 is 1.03 bits per heavy atom. The van der Waals surface area contributed by atoms with Crippen LogP contribution in [0.3, 0.4) is 0 Å². The molecule has 4 aromatic rings. The van der Waals surface area contributed by atoms with E-state index in [0.717, 1.165) is 42.9 Å². The number of carbonyl (C=O) groups is 1. The van der Waals surface area contributed by atoms with Crippen molar-refractivity contribution in [3.8, 4) is 0 Å². The van der Waals surface area contributed by atoms with Crippen LogP contribution in [-0.2, 0) is 11.3 Å². The summed E-state index contributed by atoms with van der Waals surface area (Å²) in [5, 5.41) is 11.7. The molecule has 0 aliphatic carbocycles. The summed E-state index contributed by atoms with van der Waals surface area (Å²) in [6.45, 7) is 10.0. The SMILES string of the molecule is Cc1nn(C(C)C)c2cnn(CCC(=O)N3CCN(c4ccc5ccccc5c4)CC3)c12. The van der Waals surface area contributed by atoms with Crippen molar-refractivity contribution in [1.82, 2.24) is 24.5 Å². The van der Waals surface area contributed by atoms with Gasteiger partial charge in [0.25, 0.3) is 0 Å². The van der Waals surface area contributed by atoms with E-state index in [4.69, 9.17) is 0 Å². The summed E-state index contributed by atoms with van der Waals surface area (Å²) in [7, 11) is 0. The smallest absolute Gasteiger partial charge is 0.224 e. The van der Waals surface area contributed by atoms with Crippen LogP contribution in [0, 0.1) is 6.92 Å². The standard InChI is InChI=1S/C25H30N6O/c1-18(2)31-23-17-26-30(25(23)19(3)27-31)11-10-24(32)29-14-12-28(13-15-29)22-9-8-20-6-4-5-7-21(20)16-22/h4-9,16-18H,10-15H2,1-3H3. The molecule has 7 nitrogen and oxygen atoms in total. The summed E-state index contributed by atoms with van der Waals surface area (Å²) in [6.07, 6.45) is 2.32. The molecular formula is C25H30N6O. The molecule has 1 aliphatic heterocycles. The van der Waals surface area contributed by atoms with Crippen molar-refractivity contribution < 1.29 is 4.79 Å². The zero-order chi connectivity index (χ0) is 22.2. The fourth-order valence-electron chi connectivity index (χ4n) is 4.69. The van der Waals surface area contributed by atoms with Crippen molar-refractivity contribution in [1.29, 1.82) is 0 Å². The van der Waals surface area contributed by atoms with Gasteiger partial charge >= 0.3 is 0 Å². The number of hydrogen-bond donors (Lipinski definition) is 0. The van der Waals surface area contributed by atoms with E-state index >= 15 is 0 Å². The molecule has 7 heteroatoms. The summed E-state index contributed by atoms with van der Waals surface area (Å²) in [6, 6.07) is 15.3. The first-order valence-electron chi connectivity index (χ1n) is 11.4. The van der Waals surface area contributed by atoms with E-state index < -0.39 is 0 Å². The third-order valence-electron chi connectivity index (χ3n) is 6.42. The molecule has 0 saturated carbocycles. The molecule has 0 atom stereocenters. The average molecular weight is 431 g/mol. The molecule has 1 amide bonds. The number of fused-ring (bicyclic) bond motifs is 2. The Balaban J connectivity index is 1.20. The van der Waals surface area contributed by atoms with Gasteiger partial charge in [-0.05, 0) is 43.7 Å². The summed E-state index contributed by atoms with van der Waals surface area (Å²) >= 11 is 0. The Bertz CT molecular complexity index is 1260. The minimum absolute atomic E-state index is 0.195. The quantitative estimate of drug-likeness (QED) is 0.480. The van der Waals surface area contributed by atoms with E-state index in [1.54, 1.807) is 0 Å². The van der Waals surface area contributed by atoms with Crippen LogP contribution in [0.15, 0.2) is 48.7 Å². The van der Waals surface area contributed by atoms with Crippen molar-refractivity contribution in [3.63, 3.8) is 0 Å². The predicted octanol–water partition coefficient (Wildman–Crippen LogP) is 4.01. The van der Waals surface area contributed by atoms with Crippen LogP contribution in [-0.4, -0.2) is 56.5 Å². The van der Waals surface area contributed by atoms with E-state index in [1.165, 1.54) is 16.5 Å². The highest BCUT2D eigenvalue weighted by Crippen LogP contribution is 2.24. The number of piperazine rings is 1. The Morgan fingerprint density at radius 2 is 1.78 bits per heavy atom. The average Bonchev–Trinajstić information content (AvgIpc) is 3.38. The normalized spacial score (nSPS) is 14.8. The number of aryl methyl sites for hydroxylation is 2. The minimum Gasteiger partial charge on any atom is -0.368 e. The Labute approximate surface area is 188 Å². The largest absolute Gasteiger partial charge is 0.368 e. The van der Waals surface area contributed by atoms with Crippen LogP contribution in [0.25, 0.3) is 21.8 Å². The Morgan fingerprint density at radius 3 is 2.53 bits per heavy atom. The lowest BCUT2D eigenvalue weighted by molar-refractivity contribution is -0.131. The molecule has 2 aromatic carbocycles. The Kier molecular flexibility index (Phi) is 5.33. The van der Waals surface area contributed by atoms with Crippen LogP contribution >= 0.6 is 0 Å². The highest BCUT2D eigenvalue weighted by atomic mass is 16.2. The number of hydrogen-bond acceptors (Lipinski definition) is 4. The first-order valence-corrected chi connectivity index (χ1v) is 11.4. The molecule has 3 heterocycles. The van der Waals surface area contributed by atoms with Crippen molar-refractivity contribution in [2.75, 3.05) is 31.1 Å². The third kappa shape index (κ3) is 3.72. The topological polar surface area (TPSA) is 59.2 Å². The number of carbonyl (C=O) groups excluding carboxylic acids is 1. The molecule has 0 bridgehead atoms. The first kappa shape index (κ1) is 20.5. The third-order valence-corrected chi connectivity index (χ3v) is 6.42. The molecule has 0 unspecified atom stereocenters. The van der Waals surface area contributed by atoms with Gasteiger partial charge in [-0.1, -0.05) is 30.3 Å². The van der Waals surface area contributed by atoms with E-state index in [-0.39, 0.29) is 11.9 Å². The highest BCUT2D eigenvalue weighted by molar-refractivity contribution is 5.86. The van der Waals surface area contributed by atoms with Crippen LogP contribution in [0.4, 0.5) is 5.69 Å². The fraction of sp³-hybridized carbons (Fsp3) is 0.400. The molecule has 1 saturated heterocycles. The van der Waals surface area contributed by atoms with E-state index in [9.17, 15) is 4.79 Å². The van der Waals surface area contributed by atoms with E-state index in [0.29, 0.717) is 13.0 Å². The lowest BCUT2D eigenvalue weighted by Gasteiger charge is -2.36. The summed E-state index contributed by atoms with van der Waals surface area (Å²) in [5.41, 5.74) is 4.26. The van der Waals surface area contributed by atoms with Gasteiger partial charge in [0.05, 0.1) is 18.4 Å². The molecule has 0 N–H and O–H groups in total. The van der Waals surface area contributed by atoms with Crippen LogP contribution in [0.2, 0.25) is 0 Å². The summed E-state index contributed by atoms with van der Waals surface area (Å²) < 4.78 is 3.93. The number of nitrogens with zero attached hydrogens (tertiary/aromatic N) is 6. The van der Waals surface area contributed by atoms with Gasteiger partial charge in [0.15, 0.2) is 0 Å². The van der Waals surface area contributed by atoms with Gasteiger partial charge in [0.2, 0.25) is 5.91 Å². The number of benzene rings is 2. The van der Waals surface area contributed by atoms with Crippen molar-refractivity contribution >= 4 is 33.4 Å².